The number of morpholine rings is 1. The molecule has 1 N–H and O–H groups in total. The molecule has 2 aliphatic heterocycles. The van der Waals surface area contributed by atoms with Gasteiger partial charge in [-0.25, -0.2) is 4.79 Å². The van der Waals surface area contributed by atoms with E-state index in [-0.39, 0.29) is 25.0 Å². The molecule has 146 valence electrons. The van der Waals surface area contributed by atoms with Crippen molar-refractivity contribution in [1.29, 1.82) is 0 Å². The monoisotopic (exact) mass is 421 g/mol. The van der Waals surface area contributed by atoms with E-state index in [1.165, 1.54) is 4.90 Å². The number of thiophene rings is 1. The van der Waals surface area contributed by atoms with Crippen LogP contribution in [0.4, 0.5) is 16.2 Å². The van der Waals surface area contributed by atoms with Gasteiger partial charge in [0.1, 0.15) is 6.61 Å². The molecule has 8 nitrogen and oxygen atoms in total. The van der Waals surface area contributed by atoms with Crippen LogP contribution in [0, 0.1) is 0 Å². The highest BCUT2D eigenvalue weighted by molar-refractivity contribution is 7.18. The Labute approximate surface area is 169 Å². The minimum Gasteiger partial charge on any atom is -0.423 e. The van der Waals surface area contributed by atoms with E-state index in [4.69, 9.17) is 21.1 Å². The zero-order chi connectivity index (χ0) is 19.7. The van der Waals surface area contributed by atoms with Crippen molar-refractivity contribution in [3.8, 4) is 0 Å². The Bertz CT molecular complexity index is 916. The highest BCUT2D eigenvalue weighted by Gasteiger charge is 2.34. The van der Waals surface area contributed by atoms with E-state index in [1.54, 1.807) is 41.3 Å². The molecular weight excluding hydrogens is 406 g/mol. The van der Waals surface area contributed by atoms with E-state index in [0.29, 0.717) is 28.1 Å². The summed E-state index contributed by atoms with van der Waals surface area (Å²) in [6, 6.07) is 10.3. The van der Waals surface area contributed by atoms with Crippen LogP contribution in [0.15, 0.2) is 36.4 Å². The Kier molecular flexibility index (Phi) is 5.21. The largest absolute Gasteiger partial charge is 0.423 e. The third-order valence-corrected chi connectivity index (χ3v) is 5.59. The highest BCUT2D eigenvalue weighted by Crippen LogP contribution is 2.26. The van der Waals surface area contributed by atoms with Gasteiger partial charge in [0.25, 0.3) is 11.8 Å². The summed E-state index contributed by atoms with van der Waals surface area (Å²) < 4.78 is 10.9. The molecule has 2 fully saturated rings. The number of halogens is 1. The molecule has 2 aromatic rings. The standard InChI is InChI=1S/C18H16ClN3O5S/c19-14-6-5-13(28-14)17(24)20-15-9-22(18(25)27-15)12-3-1-11(2-4-12)21-7-8-26-10-16(21)23/h1-6,15H,7-10H2,(H,20,24)/t15-/m1/s1. The molecule has 10 heteroatoms. The van der Waals surface area contributed by atoms with Crippen molar-refractivity contribution >= 4 is 52.2 Å². The van der Waals surface area contributed by atoms with Gasteiger partial charge in [-0.1, -0.05) is 11.6 Å². The van der Waals surface area contributed by atoms with Crippen molar-refractivity contribution in [3.05, 3.63) is 45.6 Å². The molecule has 0 radical (unpaired) electrons. The van der Waals surface area contributed by atoms with E-state index in [9.17, 15) is 14.4 Å². The molecule has 1 atom stereocenters. The Morgan fingerprint density at radius 2 is 1.82 bits per heavy atom. The SMILES string of the molecule is O=C(N[C@H]1CN(c2ccc(N3CCOCC3=O)cc2)C(=O)O1)c1ccc(Cl)s1. The summed E-state index contributed by atoms with van der Waals surface area (Å²) in [6.07, 6.45) is -1.31. The fourth-order valence-corrected chi connectivity index (χ4v) is 3.95. The molecule has 0 aliphatic carbocycles. The molecule has 0 bridgehead atoms. The maximum Gasteiger partial charge on any atom is 0.416 e. The topological polar surface area (TPSA) is 88.2 Å². The lowest BCUT2D eigenvalue weighted by molar-refractivity contribution is -0.125. The van der Waals surface area contributed by atoms with Gasteiger partial charge in [0.2, 0.25) is 0 Å². The fourth-order valence-electron chi connectivity index (χ4n) is 3.01. The van der Waals surface area contributed by atoms with Crippen LogP contribution in [0.2, 0.25) is 4.34 Å². The number of ether oxygens (including phenoxy) is 2. The average Bonchev–Trinajstić information content (AvgIpc) is 3.28. The molecule has 2 aliphatic rings. The zero-order valence-electron chi connectivity index (χ0n) is 14.6. The third kappa shape index (κ3) is 3.82. The van der Waals surface area contributed by atoms with E-state index in [0.717, 1.165) is 17.0 Å². The number of carbonyl (C=O) groups excluding carboxylic acids is 3. The van der Waals surface area contributed by atoms with Crippen molar-refractivity contribution in [2.75, 3.05) is 36.1 Å². The molecule has 3 amide bonds. The predicted octanol–water partition coefficient (Wildman–Crippen LogP) is 2.48. The van der Waals surface area contributed by atoms with E-state index in [2.05, 4.69) is 5.32 Å². The van der Waals surface area contributed by atoms with Crippen LogP contribution in [0.3, 0.4) is 0 Å². The molecular formula is C18H16ClN3O5S. The quantitative estimate of drug-likeness (QED) is 0.819. The number of carbonyl (C=O) groups is 3. The van der Waals surface area contributed by atoms with Crippen LogP contribution in [0.25, 0.3) is 0 Å². The Morgan fingerprint density at radius 3 is 2.46 bits per heavy atom. The number of hydrogen-bond donors (Lipinski definition) is 1. The van der Waals surface area contributed by atoms with Crippen LogP contribution in [0.5, 0.6) is 0 Å². The van der Waals surface area contributed by atoms with Gasteiger partial charge >= 0.3 is 6.09 Å². The molecule has 2 saturated heterocycles. The van der Waals surface area contributed by atoms with Crippen LogP contribution >= 0.6 is 22.9 Å². The van der Waals surface area contributed by atoms with Gasteiger partial charge in [-0.3, -0.25) is 14.5 Å². The van der Waals surface area contributed by atoms with Crippen molar-refractivity contribution in [3.63, 3.8) is 0 Å². The minimum atomic E-state index is -0.763. The Morgan fingerprint density at radius 1 is 1.11 bits per heavy atom. The van der Waals surface area contributed by atoms with E-state index >= 15 is 0 Å². The summed E-state index contributed by atoms with van der Waals surface area (Å²) in [4.78, 5) is 39.8. The predicted molar refractivity (Wildman–Crippen MR) is 104 cm³/mol. The maximum atomic E-state index is 12.2. The lowest BCUT2D eigenvalue weighted by Crippen LogP contribution is -2.41. The number of nitrogens with one attached hydrogen (secondary N) is 1. The maximum absolute atomic E-state index is 12.2. The van der Waals surface area contributed by atoms with Crippen molar-refractivity contribution in [2.24, 2.45) is 0 Å². The Hall–Kier alpha value is -2.62. The summed E-state index contributed by atoms with van der Waals surface area (Å²) in [7, 11) is 0. The smallest absolute Gasteiger partial charge is 0.416 e. The van der Waals surface area contributed by atoms with Crippen LogP contribution in [-0.2, 0) is 14.3 Å². The van der Waals surface area contributed by atoms with Crippen molar-refractivity contribution < 1.29 is 23.9 Å². The molecule has 0 unspecified atom stereocenters. The summed E-state index contributed by atoms with van der Waals surface area (Å²) in [6.45, 7) is 1.23. The first-order valence-corrected chi connectivity index (χ1v) is 9.73. The molecule has 1 aromatic heterocycles. The van der Waals surface area contributed by atoms with Gasteiger partial charge in [0, 0.05) is 17.9 Å². The number of cyclic esters (lactones) is 1. The van der Waals surface area contributed by atoms with Gasteiger partial charge in [-0.15, -0.1) is 11.3 Å². The first kappa shape index (κ1) is 18.7. The first-order valence-electron chi connectivity index (χ1n) is 8.54. The number of amides is 3. The number of benzene rings is 1. The zero-order valence-corrected chi connectivity index (χ0v) is 16.2. The van der Waals surface area contributed by atoms with Gasteiger partial charge in [0.15, 0.2) is 6.23 Å². The first-order chi connectivity index (χ1) is 13.5. The second kappa shape index (κ2) is 7.78. The van der Waals surface area contributed by atoms with E-state index in [1.807, 2.05) is 0 Å². The molecule has 1 aromatic carbocycles. The molecule has 4 rings (SSSR count). The van der Waals surface area contributed by atoms with Crippen molar-refractivity contribution in [1.82, 2.24) is 5.32 Å². The van der Waals surface area contributed by atoms with Gasteiger partial charge in [-0.2, -0.15) is 0 Å². The molecule has 0 saturated carbocycles. The summed E-state index contributed by atoms with van der Waals surface area (Å²) in [5.74, 6) is -0.450. The number of rotatable bonds is 4. The number of anilines is 2. The second-order valence-corrected chi connectivity index (χ2v) is 7.89. The van der Waals surface area contributed by atoms with Crippen LogP contribution in [-0.4, -0.2) is 50.4 Å². The van der Waals surface area contributed by atoms with E-state index < -0.39 is 12.3 Å². The Balaban J connectivity index is 1.41. The van der Waals surface area contributed by atoms with Crippen LogP contribution < -0.4 is 15.1 Å². The fraction of sp³-hybridized carbons (Fsp3) is 0.278. The van der Waals surface area contributed by atoms with Crippen molar-refractivity contribution in [2.45, 2.75) is 6.23 Å². The second-order valence-electron chi connectivity index (χ2n) is 6.17. The molecule has 0 spiro atoms. The number of hydrogen-bond acceptors (Lipinski definition) is 6. The van der Waals surface area contributed by atoms with Gasteiger partial charge in [-0.05, 0) is 36.4 Å². The lowest BCUT2D eigenvalue weighted by Gasteiger charge is -2.27. The average molecular weight is 422 g/mol. The summed E-state index contributed by atoms with van der Waals surface area (Å²) >= 11 is 6.99. The van der Waals surface area contributed by atoms with Gasteiger partial charge < -0.3 is 19.7 Å². The summed E-state index contributed by atoms with van der Waals surface area (Å²) in [5, 5.41) is 2.67. The highest BCUT2D eigenvalue weighted by atomic mass is 35.5. The normalized spacial score (nSPS) is 19.7. The molecule has 3 heterocycles. The number of nitrogens with zero attached hydrogens (tertiary/aromatic N) is 2. The van der Waals surface area contributed by atoms with Crippen LogP contribution in [0.1, 0.15) is 9.67 Å². The third-order valence-electron chi connectivity index (χ3n) is 4.36. The summed E-state index contributed by atoms with van der Waals surface area (Å²) in [5.41, 5.74) is 1.36. The minimum absolute atomic E-state index is 0.0665. The molecule has 28 heavy (non-hydrogen) atoms. The lowest BCUT2D eigenvalue weighted by atomic mass is 10.2. The van der Waals surface area contributed by atoms with Gasteiger partial charge in [0.05, 0.1) is 22.4 Å².